The Kier molecular flexibility index (Phi) is 20.5. The number of aliphatic hydroxyl groups excluding tert-OH is 14. The van der Waals surface area contributed by atoms with Crippen molar-refractivity contribution < 1.29 is 162 Å². The van der Waals surface area contributed by atoms with E-state index in [2.05, 4.69) is 4.52 Å². The summed E-state index contributed by atoms with van der Waals surface area (Å²) in [4.78, 5) is 52.3. The second-order valence-corrected chi connectivity index (χ2v) is 19.2. The summed E-state index contributed by atoms with van der Waals surface area (Å²) in [5, 5.41) is 156. The summed E-state index contributed by atoms with van der Waals surface area (Å²) in [6, 6.07) is -3.27. The molecular weight excluding hydrogens is 1010 g/mol. The first-order valence-corrected chi connectivity index (χ1v) is 23.9. The molecule has 5 aliphatic heterocycles. The number of carbonyl (C=O) groups is 1. The van der Waals surface area contributed by atoms with Gasteiger partial charge in [0.1, 0.15) is 116 Å². The lowest BCUT2D eigenvalue weighted by Crippen LogP contribution is -2.68. The molecular formula is C33H60N2O33P2. The average Bonchev–Trinajstić information content (AvgIpc) is 3.28. The van der Waals surface area contributed by atoms with Gasteiger partial charge >= 0.3 is 21.6 Å². The number of carboxylic acids is 1. The van der Waals surface area contributed by atoms with Gasteiger partial charge in [0.2, 0.25) is 0 Å². The zero-order valence-corrected chi connectivity index (χ0v) is 37.7. The molecule has 0 aliphatic carbocycles. The van der Waals surface area contributed by atoms with E-state index in [1.54, 1.807) is 0 Å². The minimum absolute atomic E-state index is 0.804. The van der Waals surface area contributed by atoms with E-state index in [-0.39, 0.29) is 0 Å². The van der Waals surface area contributed by atoms with Crippen molar-refractivity contribution in [2.45, 2.75) is 165 Å². The summed E-state index contributed by atoms with van der Waals surface area (Å²) >= 11 is 0. The molecule has 0 aromatic heterocycles. The Morgan fingerprint density at radius 1 is 0.614 bits per heavy atom. The van der Waals surface area contributed by atoms with Crippen LogP contribution in [0.25, 0.3) is 0 Å². The van der Waals surface area contributed by atoms with Gasteiger partial charge in [0.05, 0.1) is 45.1 Å². The van der Waals surface area contributed by atoms with Gasteiger partial charge in [0, 0.05) is 6.42 Å². The van der Waals surface area contributed by atoms with Crippen LogP contribution in [0.15, 0.2) is 0 Å². The van der Waals surface area contributed by atoms with Crippen molar-refractivity contribution in [2.24, 2.45) is 11.5 Å². The molecule has 23 N–H and O–H groups in total. The molecule has 5 aliphatic rings. The number of hydrogen-bond acceptors (Lipinski definition) is 30. The van der Waals surface area contributed by atoms with E-state index in [0.29, 0.717) is 0 Å². The second kappa shape index (κ2) is 24.1. The molecule has 35 nitrogen and oxygen atoms in total. The molecule has 70 heavy (non-hydrogen) atoms. The van der Waals surface area contributed by atoms with Gasteiger partial charge in [-0.1, -0.05) is 0 Å². The van der Waals surface area contributed by atoms with Gasteiger partial charge in [-0.25, -0.2) is 13.9 Å². The van der Waals surface area contributed by atoms with Crippen molar-refractivity contribution in [1.82, 2.24) is 0 Å². The first kappa shape index (κ1) is 59.6. The Hall–Kier alpha value is -1.31. The monoisotopic (exact) mass is 1070 g/mol. The molecule has 26 atom stereocenters. The highest BCUT2D eigenvalue weighted by Crippen LogP contribution is 2.47. The Morgan fingerprint density at radius 3 is 1.79 bits per heavy atom. The number of phosphoric acid groups is 2. The highest BCUT2D eigenvalue weighted by molar-refractivity contribution is 7.46. The molecule has 0 amide bonds. The van der Waals surface area contributed by atoms with Gasteiger partial charge in [0.25, 0.3) is 5.79 Å². The first-order chi connectivity index (χ1) is 32.4. The third-order valence-corrected chi connectivity index (χ3v) is 12.9. The molecule has 5 heterocycles. The number of nitrogens with two attached hydrogens (primary N) is 2. The summed E-state index contributed by atoms with van der Waals surface area (Å²) in [5.74, 6) is -5.59. The molecule has 5 saturated heterocycles. The number of phosphoric ester groups is 2. The second-order valence-electron chi connectivity index (χ2n) is 16.8. The zero-order valence-electron chi connectivity index (χ0n) is 35.9. The van der Waals surface area contributed by atoms with Crippen molar-refractivity contribution in [3.8, 4) is 0 Å². The quantitative estimate of drug-likeness (QED) is 0.0503. The van der Waals surface area contributed by atoms with E-state index in [1.807, 2.05) is 0 Å². The van der Waals surface area contributed by atoms with Crippen LogP contribution in [0.2, 0.25) is 0 Å². The van der Waals surface area contributed by atoms with Crippen molar-refractivity contribution in [3.05, 3.63) is 0 Å². The standard InChI is InChI=1S/C33H60N2O33P2/c34-13-17(42)16(41)11(61-28(13)49)5-59-29-14(35)18(43)26(68-70(55,56)57)12(63-29)6-60-33(32(50)51)1-9(67-69(52,53)54)27(25(66-33)7(38)2-36)65-31-23(48)20(45)21(46)24(64-31)8(39)4-58-30-22(47)19(44)15(40)10(3-37)62-30/h7-31,36-49H,1-6,34-35H2,(H,50,51)(H2,52,53,54)(H2,55,56,57)/t7-,8+,9-,10-,11-,12-,13-,14-,15-,16-,17-,18-,19+,20+,21+,22-,23+,24-,25-,26-,27-,28+,29-,30+,31-,33-/m1/s1. The van der Waals surface area contributed by atoms with E-state index in [1.165, 1.54) is 0 Å². The topological polar surface area (TPSA) is 589 Å². The molecule has 0 bridgehead atoms. The number of rotatable bonds is 20. The summed E-state index contributed by atoms with van der Waals surface area (Å²) in [6.07, 6.45) is -49.0. The van der Waals surface area contributed by atoms with Crippen molar-refractivity contribution in [2.75, 3.05) is 33.0 Å². The lowest BCUT2D eigenvalue weighted by molar-refractivity contribution is -0.374. The summed E-state index contributed by atoms with van der Waals surface area (Å²) in [5.41, 5.74) is 11.6. The minimum atomic E-state index is -5.84. The summed E-state index contributed by atoms with van der Waals surface area (Å²) in [6.45, 7) is -5.42. The van der Waals surface area contributed by atoms with Crippen molar-refractivity contribution >= 4 is 21.6 Å². The smallest absolute Gasteiger partial charge is 0.470 e. The number of aliphatic hydroxyl groups is 14. The van der Waals surface area contributed by atoms with Crippen LogP contribution in [-0.4, -0.2) is 294 Å². The van der Waals surface area contributed by atoms with Crippen molar-refractivity contribution in [3.63, 3.8) is 0 Å². The molecule has 0 saturated carbocycles. The van der Waals surface area contributed by atoms with Crippen LogP contribution in [0.3, 0.4) is 0 Å². The van der Waals surface area contributed by atoms with E-state index < -0.39 is 220 Å². The first-order valence-electron chi connectivity index (χ1n) is 20.9. The van der Waals surface area contributed by atoms with Gasteiger partial charge in [-0.2, -0.15) is 0 Å². The van der Waals surface area contributed by atoms with E-state index in [0.717, 1.165) is 0 Å². The largest absolute Gasteiger partial charge is 0.477 e. The SMILES string of the molecule is N[C@@H]1[C@@H](O)[C@H](O)[C@@H](CO[C@@H]2O[C@H](CO[C@]3(C(=O)O)C[C@@H](OP(=O)(O)O)[C@@H](O[C@H]4O[C@H]([C@@H](O)CO[C@H]5O[C@H](CO)[C@@H](O)[C@H](O)[C@H]5O)[C@@H](O)[C@H](O)[C@@H]4O)[C@@H]([C@H](O)CO)O3)[C@@H](OP(=O)(O)O)[C@H](O)[C@H]2N)O[C@@H]1O. The Bertz CT molecular complexity index is 1790. The maximum atomic E-state index is 13.1. The van der Waals surface area contributed by atoms with E-state index in [9.17, 15) is 110 Å². The number of aliphatic carboxylic acids is 1. The van der Waals surface area contributed by atoms with Crippen LogP contribution >= 0.6 is 15.6 Å². The lowest BCUT2D eigenvalue weighted by atomic mass is 9.91. The molecule has 410 valence electrons. The molecule has 0 aromatic rings. The van der Waals surface area contributed by atoms with Gasteiger partial charge < -0.3 is 150 Å². The highest BCUT2D eigenvalue weighted by atomic mass is 31.2. The normalized spacial score (nSPS) is 46.3. The third-order valence-electron chi connectivity index (χ3n) is 11.9. The fraction of sp³-hybridized carbons (Fsp3) is 0.970. The third kappa shape index (κ3) is 13.7. The molecule has 5 fully saturated rings. The van der Waals surface area contributed by atoms with Crippen LogP contribution in [0.5, 0.6) is 0 Å². The molecule has 0 unspecified atom stereocenters. The highest BCUT2D eigenvalue weighted by Gasteiger charge is 2.60. The maximum absolute atomic E-state index is 13.1. The fourth-order valence-electron chi connectivity index (χ4n) is 8.04. The lowest BCUT2D eigenvalue weighted by Gasteiger charge is -2.50. The van der Waals surface area contributed by atoms with Crippen LogP contribution in [-0.2, 0) is 65.6 Å². The predicted molar refractivity (Wildman–Crippen MR) is 209 cm³/mol. The molecule has 37 heteroatoms. The predicted octanol–water partition coefficient (Wildman–Crippen LogP) is -12.6. The fourth-order valence-corrected chi connectivity index (χ4v) is 9.16. The zero-order chi connectivity index (χ0) is 52.5. The van der Waals surface area contributed by atoms with Crippen LogP contribution in [0, 0.1) is 0 Å². The van der Waals surface area contributed by atoms with Gasteiger partial charge in [0.15, 0.2) is 25.2 Å². The maximum Gasteiger partial charge on any atom is 0.470 e. The Labute approximate surface area is 393 Å². The molecule has 0 radical (unpaired) electrons. The number of carboxylic acid groups (broad SMARTS) is 1. The average molecular weight is 1070 g/mol. The van der Waals surface area contributed by atoms with Crippen LogP contribution in [0.4, 0.5) is 0 Å². The van der Waals surface area contributed by atoms with Crippen molar-refractivity contribution in [1.29, 1.82) is 0 Å². The van der Waals surface area contributed by atoms with Gasteiger partial charge in [-0.3, -0.25) is 9.05 Å². The number of hydrogen-bond donors (Lipinski definition) is 21. The molecule has 5 rings (SSSR count). The molecule has 0 spiro atoms. The molecule has 0 aromatic carbocycles. The van der Waals surface area contributed by atoms with E-state index in [4.69, 9.17) is 58.6 Å². The van der Waals surface area contributed by atoms with Crippen LogP contribution < -0.4 is 11.5 Å². The summed E-state index contributed by atoms with van der Waals surface area (Å²) in [7, 11) is -11.5. The van der Waals surface area contributed by atoms with Gasteiger partial charge in [-0.15, -0.1) is 0 Å². The minimum Gasteiger partial charge on any atom is -0.477 e. The summed E-state index contributed by atoms with van der Waals surface area (Å²) < 4.78 is 82.8. The van der Waals surface area contributed by atoms with Gasteiger partial charge in [-0.05, 0) is 0 Å². The van der Waals surface area contributed by atoms with E-state index >= 15 is 0 Å². The number of ether oxygens (including phenoxy) is 9. The van der Waals surface area contributed by atoms with Crippen LogP contribution in [0.1, 0.15) is 6.42 Å². The Morgan fingerprint density at radius 2 is 1.20 bits per heavy atom. The Balaban J connectivity index is 1.39.